The van der Waals surface area contributed by atoms with Gasteiger partial charge in [-0.05, 0) is 34.7 Å². The van der Waals surface area contributed by atoms with Gasteiger partial charge in [0.1, 0.15) is 5.69 Å². The quantitative estimate of drug-likeness (QED) is 0.597. The number of aromatic amines is 1. The van der Waals surface area contributed by atoms with Gasteiger partial charge >= 0.3 is 0 Å². The number of nitrogens with zero attached hydrogens (tertiary/aromatic N) is 8. The number of rotatable bonds is 3. The number of tetrazole rings is 2. The van der Waals surface area contributed by atoms with E-state index < -0.39 is 0 Å². The predicted octanol–water partition coefficient (Wildman–Crippen LogP) is 0.904. The minimum atomic E-state index is 0.463. The lowest BCUT2D eigenvalue weighted by atomic mass is 10.2. The Morgan fingerprint density at radius 3 is 2.77 bits per heavy atom. The number of hydrogen-bond acceptors (Lipinski definition) is 7. The van der Waals surface area contributed by atoms with Gasteiger partial charge in [-0.15, -0.1) is 25.2 Å². The lowest BCUT2D eigenvalue weighted by Crippen LogP contribution is -1.99. The summed E-state index contributed by atoms with van der Waals surface area (Å²) in [5.74, 6) is 0.970. The van der Waals surface area contributed by atoms with E-state index in [0.29, 0.717) is 17.3 Å². The van der Waals surface area contributed by atoms with Crippen LogP contribution in [0.4, 0.5) is 0 Å². The highest BCUT2D eigenvalue weighted by molar-refractivity contribution is 5.58. The minimum absolute atomic E-state index is 0.463. The lowest BCUT2D eigenvalue weighted by molar-refractivity contribution is 0.720. The van der Waals surface area contributed by atoms with E-state index in [4.69, 9.17) is 0 Å². The van der Waals surface area contributed by atoms with Crippen LogP contribution in [-0.2, 0) is 0 Å². The van der Waals surface area contributed by atoms with Crippen molar-refractivity contribution in [3.8, 4) is 28.6 Å². The van der Waals surface area contributed by atoms with Gasteiger partial charge in [0.25, 0.3) is 0 Å². The molecule has 0 unspecified atom stereocenters. The summed E-state index contributed by atoms with van der Waals surface area (Å²) in [6.45, 7) is 0. The monoisotopic (exact) mass is 291 g/mol. The first-order valence-corrected chi connectivity index (χ1v) is 6.46. The summed E-state index contributed by atoms with van der Waals surface area (Å²) in [7, 11) is 0. The van der Waals surface area contributed by atoms with E-state index >= 15 is 0 Å². The lowest BCUT2D eigenvalue weighted by Gasteiger charge is -2.00. The molecule has 9 heteroatoms. The zero-order valence-electron chi connectivity index (χ0n) is 11.2. The van der Waals surface area contributed by atoms with E-state index in [2.05, 4.69) is 41.0 Å². The fourth-order valence-corrected chi connectivity index (χ4v) is 1.97. The van der Waals surface area contributed by atoms with Crippen molar-refractivity contribution in [2.45, 2.75) is 0 Å². The first-order chi connectivity index (χ1) is 10.9. The van der Waals surface area contributed by atoms with Crippen LogP contribution in [-0.4, -0.2) is 45.8 Å². The predicted molar refractivity (Wildman–Crippen MR) is 75.6 cm³/mol. The molecule has 0 atom stereocenters. The maximum Gasteiger partial charge on any atom is 0.223 e. The smallest absolute Gasteiger partial charge is 0.223 e. The van der Waals surface area contributed by atoms with E-state index in [1.807, 2.05) is 42.5 Å². The molecule has 1 N–H and O–H groups in total. The highest BCUT2D eigenvalue weighted by atomic mass is 15.6. The molecule has 4 aromatic rings. The normalized spacial score (nSPS) is 10.7. The van der Waals surface area contributed by atoms with Gasteiger partial charge in [-0.1, -0.05) is 18.2 Å². The standard InChI is InChI=1S/C13H9N9/c1-2-7-14-11(6-1)13-17-21-22(18-13)10-5-3-4-9(8-10)12-15-19-20-16-12/h1-8H,(H,15,16,19,20). The number of H-pyrrole nitrogens is 1. The summed E-state index contributed by atoms with van der Waals surface area (Å²) in [6, 6.07) is 13.0. The van der Waals surface area contributed by atoms with Crippen molar-refractivity contribution in [3.63, 3.8) is 0 Å². The van der Waals surface area contributed by atoms with Gasteiger partial charge in [0.15, 0.2) is 0 Å². The molecule has 0 aliphatic carbocycles. The Balaban J connectivity index is 1.71. The van der Waals surface area contributed by atoms with Crippen LogP contribution in [0.1, 0.15) is 0 Å². The van der Waals surface area contributed by atoms with Crippen molar-refractivity contribution in [1.82, 2.24) is 45.8 Å². The van der Waals surface area contributed by atoms with E-state index in [1.54, 1.807) is 6.20 Å². The minimum Gasteiger partial charge on any atom is -0.253 e. The van der Waals surface area contributed by atoms with Crippen LogP contribution in [0.5, 0.6) is 0 Å². The summed E-state index contributed by atoms with van der Waals surface area (Å²) in [4.78, 5) is 5.64. The highest BCUT2D eigenvalue weighted by Gasteiger charge is 2.10. The molecule has 0 radical (unpaired) electrons. The molecule has 0 saturated heterocycles. The summed E-state index contributed by atoms with van der Waals surface area (Å²) >= 11 is 0. The fraction of sp³-hybridized carbons (Fsp3) is 0. The average molecular weight is 291 g/mol. The topological polar surface area (TPSA) is 111 Å². The maximum atomic E-state index is 4.34. The van der Waals surface area contributed by atoms with Crippen LogP contribution in [0, 0.1) is 0 Å². The van der Waals surface area contributed by atoms with Crippen molar-refractivity contribution in [1.29, 1.82) is 0 Å². The van der Waals surface area contributed by atoms with Crippen LogP contribution >= 0.6 is 0 Å². The van der Waals surface area contributed by atoms with Crippen LogP contribution < -0.4 is 0 Å². The highest BCUT2D eigenvalue weighted by Crippen LogP contribution is 2.17. The van der Waals surface area contributed by atoms with Gasteiger partial charge in [0.05, 0.1) is 5.69 Å². The zero-order chi connectivity index (χ0) is 14.8. The molecule has 0 bridgehead atoms. The molecule has 0 spiro atoms. The Kier molecular flexibility index (Phi) is 2.86. The molecule has 0 aliphatic rings. The molecule has 0 aliphatic heterocycles. The summed E-state index contributed by atoms with van der Waals surface area (Å²) in [6.07, 6.45) is 1.69. The molecule has 4 rings (SSSR count). The first kappa shape index (κ1) is 12.3. The molecule has 22 heavy (non-hydrogen) atoms. The Labute approximate surface area is 124 Å². The third-order valence-corrected chi connectivity index (χ3v) is 2.99. The molecule has 3 aromatic heterocycles. The van der Waals surface area contributed by atoms with Gasteiger partial charge in [-0.2, -0.15) is 5.21 Å². The number of hydrogen-bond donors (Lipinski definition) is 1. The molecule has 1 aromatic carbocycles. The van der Waals surface area contributed by atoms with Crippen LogP contribution in [0.25, 0.3) is 28.6 Å². The second-order valence-electron chi connectivity index (χ2n) is 4.40. The SMILES string of the molecule is c1ccc(-c2nnn(-c3cccc(-c4nn[nH]n4)c3)n2)nc1. The molecule has 0 amide bonds. The van der Waals surface area contributed by atoms with Crippen LogP contribution in [0.3, 0.4) is 0 Å². The Morgan fingerprint density at radius 1 is 0.955 bits per heavy atom. The van der Waals surface area contributed by atoms with Gasteiger partial charge in [0.2, 0.25) is 11.6 Å². The zero-order valence-corrected chi connectivity index (χ0v) is 11.2. The molecule has 9 nitrogen and oxygen atoms in total. The van der Waals surface area contributed by atoms with Crippen LogP contribution in [0.15, 0.2) is 48.7 Å². The third-order valence-electron chi connectivity index (χ3n) is 2.99. The van der Waals surface area contributed by atoms with Crippen molar-refractivity contribution in [3.05, 3.63) is 48.7 Å². The van der Waals surface area contributed by atoms with Gasteiger partial charge in [-0.25, -0.2) is 0 Å². The van der Waals surface area contributed by atoms with E-state index in [9.17, 15) is 0 Å². The number of pyridine rings is 1. The number of aromatic nitrogens is 9. The molecule has 0 fully saturated rings. The Hall–Kier alpha value is -3.49. The third kappa shape index (κ3) is 2.20. The second kappa shape index (κ2) is 5.13. The van der Waals surface area contributed by atoms with Gasteiger partial charge < -0.3 is 0 Å². The van der Waals surface area contributed by atoms with Crippen molar-refractivity contribution < 1.29 is 0 Å². The first-order valence-electron chi connectivity index (χ1n) is 6.46. The molecular formula is C13H9N9. The molecule has 0 saturated carbocycles. The maximum absolute atomic E-state index is 4.34. The summed E-state index contributed by atoms with van der Waals surface area (Å²) in [5, 5.41) is 26.3. The molecule has 3 heterocycles. The van der Waals surface area contributed by atoms with Crippen molar-refractivity contribution >= 4 is 0 Å². The van der Waals surface area contributed by atoms with E-state index in [-0.39, 0.29) is 0 Å². The van der Waals surface area contributed by atoms with E-state index in [1.165, 1.54) is 4.80 Å². The van der Waals surface area contributed by atoms with Gasteiger partial charge in [0, 0.05) is 11.8 Å². The Bertz CT molecular complexity index is 883. The second-order valence-corrected chi connectivity index (χ2v) is 4.40. The van der Waals surface area contributed by atoms with Crippen molar-refractivity contribution in [2.24, 2.45) is 0 Å². The number of nitrogens with one attached hydrogen (secondary N) is 1. The summed E-state index contributed by atoms with van der Waals surface area (Å²) in [5.41, 5.74) is 2.22. The van der Waals surface area contributed by atoms with Crippen LogP contribution in [0.2, 0.25) is 0 Å². The van der Waals surface area contributed by atoms with Crippen molar-refractivity contribution in [2.75, 3.05) is 0 Å². The Morgan fingerprint density at radius 2 is 1.95 bits per heavy atom. The average Bonchev–Trinajstić information content (AvgIpc) is 3.28. The van der Waals surface area contributed by atoms with E-state index in [0.717, 1.165) is 11.3 Å². The number of benzene rings is 1. The van der Waals surface area contributed by atoms with Gasteiger partial charge in [-0.3, -0.25) is 4.98 Å². The molecular weight excluding hydrogens is 282 g/mol. The summed E-state index contributed by atoms with van der Waals surface area (Å²) < 4.78 is 0. The molecule has 106 valence electrons. The largest absolute Gasteiger partial charge is 0.253 e. The fourth-order valence-electron chi connectivity index (χ4n) is 1.97.